The number of morpholine rings is 1. The van der Waals surface area contributed by atoms with Crippen LogP contribution in [0.15, 0.2) is 53.3 Å². The number of ether oxygens (including phenoxy) is 1. The monoisotopic (exact) mass is 401 g/mol. The van der Waals surface area contributed by atoms with Crippen molar-refractivity contribution >= 4 is 16.5 Å². The van der Waals surface area contributed by atoms with Gasteiger partial charge in [0.25, 0.3) is 0 Å². The predicted octanol–water partition coefficient (Wildman–Crippen LogP) is 4.02. The van der Waals surface area contributed by atoms with Crippen molar-refractivity contribution in [3.8, 4) is 0 Å². The Morgan fingerprint density at radius 1 is 1.18 bits per heavy atom. The Bertz CT molecular complexity index is 845. The Hall–Kier alpha value is -2.22. The number of halogens is 1. The first-order chi connectivity index (χ1) is 13.8. The number of anilines is 1. The van der Waals surface area contributed by atoms with E-state index in [1.807, 2.05) is 30.5 Å². The number of nitrogens with one attached hydrogen (secondary N) is 1. The smallest absolute Gasteiger partial charge is 0.185 e. The Morgan fingerprint density at radius 2 is 2.00 bits per heavy atom. The standard InChI is InChI=1S/C21H24FN3O2S/c22-17-5-3-16(4-6-17)19(20-2-1-11-27-20)7-8-23-14-18-15-24-21(28-18)25-9-12-26-13-10-25/h1-6,11,15,19,23H,7-10,12-14H2. The average molecular weight is 402 g/mol. The van der Waals surface area contributed by atoms with E-state index in [1.54, 1.807) is 17.6 Å². The summed E-state index contributed by atoms with van der Waals surface area (Å²) < 4.78 is 24.3. The van der Waals surface area contributed by atoms with Crippen LogP contribution in [0, 0.1) is 5.82 Å². The highest BCUT2D eigenvalue weighted by Gasteiger charge is 2.17. The summed E-state index contributed by atoms with van der Waals surface area (Å²) in [6, 6.07) is 10.5. The molecule has 0 spiro atoms. The van der Waals surface area contributed by atoms with Crippen LogP contribution in [0.3, 0.4) is 0 Å². The zero-order valence-corrected chi connectivity index (χ0v) is 16.5. The highest BCUT2D eigenvalue weighted by Crippen LogP contribution is 2.28. The number of aromatic nitrogens is 1. The fraction of sp³-hybridized carbons (Fsp3) is 0.381. The molecule has 1 aliphatic heterocycles. The van der Waals surface area contributed by atoms with Crippen LogP contribution in [0.5, 0.6) is 0 Å². The van der Waals surface area contributed by atoms with Gasteiger partial charge in [0.1, 0.15) is 11.6 Å². The number of hydrogen-bond donors (Lipinski definition) is 1. The molecular formula is C21H24FN3O2S. The highest BCUT2D eigenvalue weighted by molar-refractivity contribution is 7.15. The van der Waals surface area contributed by atoms with Crippen LogP contribution in [0.4, 0.5) is 9.52 Å². The lowest BCUT2D eigenvalue weighted by Gasteiger charge is -2.25. The molecule has 0 bridgehead atoms. The van der Waals surface area contributed by atoms with Crippen molar-refractivity contribution in [1.82, 2.24) is 10.3 Å². The molecule has 3 heterocycles. The first-order valence-electron chi connectivity index (χ1n) is 9.56. The van der Waals surface area contributed by atoms with Gasteiger partial charge in [-0.2, -0.15) is 0 Å². The number of nitrogens with zero attached hydrogens (tertiary/aromatic N) is 2. The minimum absolute atomic E-state index is 0.105. The lowest BCUT2D eigenvalue weighted by atomic mass is 9.93. The molecule has 1 N–H and O–H groups in total. The number of thiazole rings is 1. The molecule has 4 rings (SSSR count). The largest absolute Gasteiger partial charge is 0.469 e. The SMILES string of the molecule is Fc1ccc(C(CCNCc2cnc(N3CCOCC3)s2)c2ccco2)cc1. The maximum Gasteiger partial charge on any atom is 0.185 e. The number of benzene rings is 1. The third-order valence-electron chi connectivity index (χ3n) is 4.89. The first kappa shape index (κ1) is 19.1. The quantitative estimate of drug-likeness (QED) is 0.578. The van der Waals surface area contributed by atoms with Gasteiger partial charge in [-0.05, 0) is 42.8 Å². The van der Waals surface area contributed by atoms with Crippen LogP contribution in [-0.4, -0.2) is 37.8 Å². The van der Waals surface area contributed by atoms with E-state index < -0.39 is 0 Å². The third kappa shape index (κ3) is 4.79. The summed E-state index contributed by atoms with van der Waals surface area (Å²) in [5.74, 6) is 0.788. The molecule has 2 aromatic heterocycles. The van der Waals surface area contributed by atoms with E-state index in [-0.39, 0.29) is 11.7 Å². The maximum atomic E-state index is 13.3. The Morgan fingerprint density at radius 3 is 2.75 bits per heavy atom. The molecule has 1 unspecified atom stereocenters. The molecule has 1 aliphatic rings. The topological polar surface area (TPSA) is 50.5 Å². The first-order valence-corrected chi connectivity index (χ1v) is 10.4. The molecule has 7 heteroatoms. The van der Waals surface area contributed by atoms with Crippen molar-refractivity contribution < 1.29 is 13.5 Å². The van der Waals surface area contributed by atoms with Gasteiger partial charge in [0.05, 0.1) is 19.5 Å². The summed E-state index contributed by atoms with van der Waals surface area (Å²) in [5, 5.41) is 4.57. The number of furan rings is 1. The molecule has 0 radical (unpaired) electrons. The molecular weight excluding hydrogens is 377 g/mol. The molecule has 1 atom stereocenters. The van der Waals surface area contributed by atoms with Gasteiger partial charge >= 0.3 is 0 Å². The maximum absolute atomic E-state index is 13.3. The van der Waals surface area contributed by atoms with Crippen LogP contribution in [-0.2, 0) is 11.3 Å². The second-order valence-corrected chi connectivity index (χ2v) is 7.89. The van der Waals surface area contributed by atoms with Gasteiger partial charge in [-0.3, -0.25) is 0 Å². The van der Waals surface area contributed by atoms with Gasteiger partial charge in [0.15, 0.2) is 5.13 Å². The van der Waals surface area contributed by atoms with Crippen molar-refractivity contribution in [3.05, 3.63) is 70.9 Å². The van der Waals surface area contributed by atoms with E-state index in [2.05, 4.69) is 15.2 Å². The summed E-state index contributed by atoms with van der Waals surface area (Å²) in [7, 11) is 0. The third-order valence-corrected chi connectivity index (χ3v) is 5.95. The van der Waals surface area contributed by atoms with Crippen LogP contribution in [0.1, 0.15) is 28.5 Å². The van der Waals surface area contributed by atoms with E-state index in [9.17, 15) is 4.39 Å². The molecule has 1 fully saturated rings. The second kappa shape index (κ2) is 9.32. The zero-order chi connectivity index (χ0) is 19.2. The Labute approximate surface area is 168 Å². The van der Waals surface area contributed by atoms with Gasteiger partial charge in [-0.1, -0.05) is 12.1 Å². The fourth-order valence-corrected chi connectivity index (χ4v) is 4.33. The summed E-state index contributed by atoms with van der Waals surface area (Å²) >= 11 is 1.73. The van der Waals surface area contributed by atoms with E-state index in [0.717, 1.165) is 62.3 Å². The lowest BCUT2D eigenvalue weighted by molar-refractivity contribution is 0.122. The molecule has 0 aliphatic carbocycles. The van der Waals surface area contributed by atoms with Gasteiger partial charge in [-0.25, -0.2) is 9.37 Å². The van der Waals surface area contributed by atoms with Crippen LogP contribution < -0.4 is 10.2 Å². The Balaban J connectivity index is 1.31. The lowest BCUT2D eigenvalue weighted by Crippen LogP contribution is -2.36. The van der Waals surface area contributed by atoms with Crippen LogP contribution >= 0.6 is 11.3 Å². The molecule has 3 aromatic rings. The van der Waals surface area contributed by atoms with Gasteiger partial charge < -0.3 is 19.4 Å². The number of hydrogen-bond acceptors (Lipinski definition) is 6. The summed E-state index contributed by atoms with van der Waals surface area (Å²) in [4.78, 5) is 8.05. The normalized spacial score (nSPS) is 15.7. The van der Waals surface area contributed by atoms with Gasteiger partial charge in [0, 0.05) is 36.6 Å². The highest BCUT2D eigenvalue weighted by atomic mass is 32.1. The summed E-state index contributed by atoms with van der Waals surface area (Å²) in [6.07, 6.45) is 4.50. The second-order valence-electron chi connectivity index (χ2n) is 6.79. The van der Waals surface area contributed by atoms with Crippen molar-refractivity contribution in [2.24, 2.45) is 0 Å². The van der Waals surface area contributed by atoms with Crippen LogP contribution in [0.2, 0.25) is 0 Å². The van der Waals surface area contributed by atoms with E-state index in [4.69, 9.17) is 9.15 Å². The number of rotatable bonds is 8. The zero-order valence-electron chi connectivity index (χ0n) is 15.6. The molecule has 28 heavy (non-hydrogen) atoms. The van der Waals surface area contributed by atoms with Crippen molar-refractivity contribution in [1.29, 1.82) is 0 Å². The van der Waals surface area contributed by atoms with Crippen LogP contribution in [0.25, 0.3) is 0 Å². The van der Waals surface area contributed by atoms with E-state index in [1.165, 1.54) is 17.0 Å². The molecule has 1 aromatic carbocycles. The van der Waals surface area contributed by atoms with Crippen molar-refractivity contribution in [2.75, 3.05) is 37.7 Å². The fourth-order valence-electron chi connectivity index (χ4n) is 3.40. The van der Waals surface area contributed by atoms with E-state index in [0.29, 0.717) is 0 Å². The Kier molecular flexibility index (Phi) is 6.36. The van der Waals surface area contributed by atoms with Gasteiger partial charge in [-0.15, -0.1) is 11.3 Å². The molecule has 0 amide bonds. The molecule has 0 saturated carbocycles. The van der Waals surface area contributed by atoms with Crippen molar-refractivity contribution in [2.45, 2.75) is 18.9 Å². The van der Waals surface area contributed by atoms with Gasteiger partial charge in [0.2, 0.25) is 0 Å². The van der Waals surface area contributed by atoms with Crippen molar-refractivity contribution in [3.63, 3.8) is 0 Å². The van der Waals surface area contributed by atoms with E-state index >= 15 is 0 Å². The molecule has 148 valence electrons. The minimum atomic E-state index is -0.221. The summed E-state index contributed by atoms with van der Waals surface area (Å²) in [6.45, 7) is 4.96. The molecule has 1 saturated heterocycles. The minimum Gasteiger partial charge on any atom is -0.469 e. The summed E-state index contributed by atoms with van der Waals surface area (Å²) in [5.41, 5.74) is 1.06. The predicted molar refractivity (Wildman–Crippen MR) is 108 cm³/mol. The molecule has 5 nitrogen and oxygen atoms in total. The average Bonchev–Trinajstić information content (AvgIpc) is 3.42.